The van der Waals surface area contributed by atoms with Gasteiger partial charge in [0.05, 0.1) is 77.6 Å². The molecule has 5 N–H and O–H groups in total. The van der Waals surface area contributed by atoms with Gasteiger partial charge >= 0.3 is 12.1 Å². The Hall–Kier alpha value is -3.59. The number of carbonyl (C=O) groups excluding carboxylic acids is 2. The Morgan fingerprint density at radius 3 is 1.75 bits per heavy atom. The molecule has 19 heteroatoms. The van der Waals surface area contributed by atoms with Crippen molar-refractivity contribution in [1.29, 1.82) is 0 Å². The molecule has 1 aliphatic heterocycles. The van der Waals surface area contributed by atoms with E-state index in [0.29, 0.717) is 101 Å². The van der Waals surface area contributed by atoms with Crippen LogP contribution in [0, 0.1) is 0 Å². The zero-order chi connectivity index (χ0) is 42.3. The monoisotopic (exact) mass is 882 g/mol. The van der Waals surface area contributed by atoms with Crippen molar-refractivity contribution >= 4 is 56.7 Å². The second-order valence-corrected chi connectivity index (χ2v) is 15.9. The average molecular weight is 884 g/mol. The molecule has 0 aliphatic carbocycles. The summed E-state index contributed by atoms with van der Waals surface area (Å²) in [7, 11) is -1.77. The van der Waals surface area contributed by atoms with Crippen LogP contribution in [0.1, 0.15) is 29.5 Å². The number of nitrogens with zero attached hydrogens (tertiary/aromatic N) is 1. The Labute approximate surface area is 356 Å². The Morgan fingerprint density at radius 1 is 0.695 bits per heavy atom. The second kappa shape index (κ2) is 26.6. The van der Waals surface area contributed by atoms with Crippen molar-refractivity contribution in [2.24, 2.45) is 0 Å². The van der Waals surface area contributed by atoms with Crippen molar-refractivity contribution in [3.63, 3.8) is 0 Å². The van der Waals surface area contributed by atoms with Crippen molar-refractivity contribution in [3.8, 4) is 0 Å². The van der Waals surface area contributed by atoms with E-state index in [0.717, 1.165) is 16.7 Å². The van der Waals surface area contributed by atoms with E-state index < -0.39 is 16.1 Å². The Kier molecular flexibility index (Phi) is 21.7. The molecule has 4 amide bonds. The molecule has 0 fully saturated rings. The largest absolute Gasteiger partial charge is 0.379 e. The zero-order valence-corrected chi connectivity index (χ0v) is 35.9. The van der Waals surface area contributed by atoms with Gasteiger partial charge in [0.2, 0.25) is 10.0 Å². The standard InChI is InChI=1S/C40H56Cl2N6O10S/c1-3-53-17-18-57-22-19-54-14-11-43-39(49)46-32-7-9-33(10-8-32)47-40(50)44-12-15-55-20-23-58-24-21-56-16-13-45-59(51,52)34-6-4-5-30(25-34)36-28-48(2)29-37-35(36)26-31(41)27-38(37)42/h4-10,25-27,36,45H,3,11-24,28-29H2,1-2H3,(H2,43,46,49)(H2,44,47,50). The second-order valence-electron chi connectivity index (χ2n) is 13.3. The summed E-state index contributed by atoms with van der Waals surface area (Å²) in [5.41, 5.74) is 3.98. The van der Waals surface area contributed by atoms with E-state index in [1.165, 1.54) is 0 Å². The highest BCUT2D eigenvalue weighted by atomic mass is 35.5. The van der Waals surface area contributed by atoms with Crippen molar-refractivity contribution in [2.75, 3.05) is 123 Å². The van der Waals surface area contributed by atoms with Crippen LogP contribution < -0.4 is 26.0 Å². The van der Waals surface area contributed by atoms with Crippen LogP contribution in [-0.2, 0) is 45.0 Å². The number of hydrogen-bond acceptors (Lipinski definition) is 11. The summed E-state index contributed by atoms with van der Waals surface area (Å²) in [5, 5.41) is 12.0. The number of amides is 4. The Morgan fingerprint density at radius 2 is 1.20 bits per heavy atom. The number of urea groups is 2. The molecular formula is C40H56Cl2N6O10S. The van der Waals surface area contributed by atoms with E-state index in [4.69, 9.17) is 51.6 Å². The number of benzene rings is 3. The molecule has 16 nitrogen and oxygen atoms in total. The van der Waals surface area contributed by atoms with Gasteiger partial charge in [-0.05, 0) is 79.2 Å². The quantitative estimate of drug-likeness (QED) is 0.0656. The van der Waals surface area contributed by atoms with Crippen molar-refractivity contribution in [3.05, 3.63) is 87.4 Å². The highest BCUT2D eigenvalue weighted by Crippen LogP contribution is 2.38. The van der Waals surface area contributed by atoms with E-state index in [1.54, 1.807) is 48.5 Å². The van der Waals surface area contributed by atoms with Gasteiger partial charge in [0.15, 0.2) is 0 Å². The minimum atomic E-state index is -3.77. The molecule has 1 heterocycles. The first-order valence-electron chi connectivity index (χ1n) is 19.5. The van der Waals surface area contributed by atoms with Gasteiger partial charge in [-0.2, -0.15) is 0 Å². The molecule has 0 aromatic heterocycles. The summed E-state index contributed by atoms with van der Waals surface area (Å²) >= 11 is 12.8. The molecule has 3 aromatic carbocycles. The maximum absolute atomic E-state index is 13.1. The van der Waals surface area contributed by atoms with E-state index >= 15 is 0 Å². The van der Waals surface area contributed by atoms with Gasteiger partial charge < -0.3 is 54.6 Å². The predicted molar refractivity (Wildman–Crippen MR) is 227 cm³/mol. The van der Waals surface area contributed by atoms with Gasteiger partial charge in [0.1, 0.15) is 0 Å². The van der Waals surface area contributed by atoms with Crippen LogP contribution in [0.15, 0.2) is 65.6 Å². The summed E-state index contributed by atoms with van der Waals surface area (Å²) in [6.07, 6.45) is 0. The third-order valence-electron chi connectivity index (χ3n) is 8.76. The minimum Gasteiger partial charge on any atom is -0.379 e. The van der Waals surface area contributed by atoms with Gasteiger partial charge in [-0.1, -0.05) is 35.3 Å². The third-order valence-corrected chi connectivity index (χ3v) is 10.8. The average Bonchev–Trinajstić information content (AvgIpc) is 3.21. The van der Waals surface area contributed by atoms with Crippen LogP contribution in [-0.4, -0.2) is 138 Å². The van der Waals surface area contributed by atoms with Crippen molar-refractivity contribution in [2.45, 2.75) is 24.3 Å². The minimum absolute atomic E-state index is 0.0819. The third kappa shape index (κ3) is 17.9. The first-order chi connectivity index (χ1) is 28.6. The smallest absolute Gasteiger partial charge is 0.319 e. The van der Waals surface area contributed by atoms with Crippen LogP contribution in [0.5, 0.6) is 0 Å². The topological polar surface area (TPSA) is 187 Å². The van der Waals surface area contributed by atoms with Gasteiger partial charge in [-0.25, -0.2) is 22.7 Å². The highest BCUT2D eigenvalue weighted by molar-refractivity contribution is 7.89. The normalized spacial score (nSPS) is 14.1. The van der Waals surface area contributed by atoms with E-state index in [2.05, 4.69) is 30.9 Å². The molecule has 0 radical (unpaired) electrons. The molecule has 1 aliphatic rings. The molecule has 4 rings (SSSR count). The lowest BCUT2D eigenvalue weighted by Crippen LogP contribution is -2.32. The molecule has 0 spiro atoms. The summed E-state index contributed by atoms with van der Waals surface area (Å²) < 4.78 is 61.3. The van der Waals surface area contributed by atoms with E-state index in [-0.39, 0.29) is 49.8 Å². The molecule has 59 heavy (non-hydrogen) atoms. The number of nitrogens with one attached hydrogen (secondary N) is 5. The first kappa shape index (κ1) is 48.1. The summed E-state index contributed by atoms with van der Waals surface area (Å²) in [4.78, 5) is 26.7. The Bertz CT molecular complexity index is 1840. The summed E-state index contributed by atoms with van der Waals surface area (Å²) in [6, 6.07) is 16.5. The van der Waals surface area contributed by atoms with E-state index in [1.807, 2.05) is 26.1 Å². The predicted octanol–water partition coefficient (Wildman–Crippen LogP) is 4.91. The number of sulfonamides is 1. The number of carbonyl (C=O) groups is 2. The van der Waals surface area contributed by atoms with Crippen molar-refractivity contribution in [1.82, 2.24) is 20.3 Å². The summed E-state index contributed by atoms with van der Waals surface area (Å²) in [5.74, 6) is -0.0819. The van der Waals surface area contributed by atoms with Crippen LogP contribution >= 0.6 is 23.2 Å². The van der Waals surface area contributed by atoms with Crippen molar-refractivity contribution < 1.29 is 46.4 Å². The first-order valence-corrected chi connectivity index (χ1v) is 21.7. The van der Waals surface area contributed by atoms with Crippen LogP contribution in [0.4, 0.5) is 21.0 Å². The summed E-state index contributed by atoms with van der Waals surface area (Å²) in [6.45, 7) is 8.74. The highest BCUT2D eigenvalue weighted by Gasteiger charge is 2.28. The molecule has 1 unspecified atom stereocenters. The molecule has 0 saturated heterocycles. The lowest BCUT2D eigenvalue weighted by molar-refractivity contribution is 0.0165. The van der Waals surface area contributed by atoms with E-state index in [9.17, 15) is 18.0 Å². The number of rotatable bonds is 27. The number of ether oxygens (including phenoxy) is 6. The molecule has 0 bridgehead atoms. The molecule has 326 valence electrons. The van der Waals surface area contributed by atoms with Crippen LogP contribution in [0.25, 0.3) is 0 Å². The maximum atomic E-state index is 13.1. The Balaban J connectivity index is 0.980. The lowest BCUT2D eigenvalue weighted by Gasteiger charge is -2.33. The molecular weight excluding hydrogens is 827 g/mol. The van der Waals surface area contributed by atoms with Gasteiger partial charge in [0, 0.05) is 66.7 Å². The van der Waals surface area contributed by atoms with Gasteiger partial charge in [0.25, 0.3) is 0 Å². The zero-order valence-electron chi connectivity index (χ0n) is 33.6. The van der Waals surface area contributed by atoms with Gasteiger partial charge in [-0.3, -0.25) is 0 Å². The molecule has 1 atom stereocenters. The van der Waals surface area contributed by atoms with Crippen LogP contribution in [0.2, 0.25) is 10.0 Å². The fraction of sp³-hybridized carbons (Fsp3) is 0.500. The maximum Gasteiger partial charge on any atom is 0.319 e. The molecule has 0 saturated carbocycles. The van der Waals surface area contributed by atoms with Crippen LogP contribution in [0.3, 0.4) is 0 Å². The SMILES string of the molecule is CCOCCOCCOCCNC(=O)Nc1ccc(NC(=O)NCCOCCOCCOCCNS(=O)(=O)c2cccc(C3CN(C)Cc4c(Cl)cc(Cl)cc43)c2)cc1. The fourth-order valence-corrected chi connectivity index (χ4v) is 7.58. The number of hydrogen-bond donors (Lipinski definition) is 5. The fourth-order valence-electron chi connectivity index (χ4n) is 5.95. The van der Waals surface area contributed by atoms with Gasteiger partial charge in [-0.15, -0.1) is 0 Å². The molecule has 3 aromatic rings. The number of likely N-dealkylation sites (N-methyl/N-ethyl adjacent to an activating group) is 1. The number of anilines is 2. The lowest BCUT2D eigenvalue weighted by atomic mass is 9.85. The number of halogens is 2. The number of fused-ring (bicyclic) bond motifs is 1.